The molecule has 21 heavy (non-hydrogen) atoms. The van der Waals surface area contributed by atoms with Gasteiger partial charge in [-0.2, -0.15) is 0 Å². The minimum absolute atomic E-state index is 0.776. The molecule has 0 fully saturated rings. The average Bonchev–Trinajstić information content (AvgIpc) is 2.51. The van der Waals surface area contributed by atoms with E-state index in [0.29, 0.717) is 0 Å². The second kappa shape index (κ2) is 5.60. The van der Waals surface area contributed by atoms with Crippen LogP contribution in [0, 0.1) is 13.8 Å². The Labute approximate surface area is 125 Å². The molecule has 3 heteroatoms. The lowest BCUT2D eigenvalue weighted by atomic mass is 9.97. The Balaban J connectivity index is 1.98. The van der Waals surface area contributed by atoms with Gasteiger partial charge in [0, 0.05) is 30.8 Å². The molecule has 0 saturated heterocycles. The molecule has 0 atom stereocenters. The number of fused-ring (bicyclic) bond motifs is 1. The zero-order valence-corrected chi connectivity index (χ0v) is 12.5. The van der Waals surface area contributed by atoms with Crippen molar-refractivity contribution < 1.29 is 5.21 Å². The molecule has 0 amide bonds. The molecule has 108 valence electrons. The first-order valence-electron chi connectivity index (χ1n) is 7.31. The third-order valence-electron chi connectivity index (χ3n) is 4.29. The molecule has 3 rings (SSSR count). The molecule has 0 spiro atoms. The fourth-order valence-corrected chi connectivity index (χ4v) is 3.05. The molecule has 1 aliphatic rings. The number of hydrogen-bond acceptors (Lipinski definition) is 3. The van der Waals surface area contributed by atoms with E-state index in [1.165, 1.54) is 16.7 Å². The van der Waals surface area contributed by atoms with Gasteiger partial charge in [-0.1, -0.05) is 41.6 Å². The van der Waals surface area contributed by atoms with Crippen LogP contribution >= 0.6 is 0 Å². The molecule has 0 bridgehead atoms. The Hall–Kier alpha value is -2.29. The summed E-state index contributed by atoms with van der Waals surface area (Å²) >= 11 is 0. The first-order chi connectivity index (χ1) is 10.2. The summed E-state index contributed by atoms with van der Waals surface area (Å²) in [6.07, 6.45) is 0.776. The summed E-state index contributed by atoms with van der Waals surface area (Å²) in [6, 6.07) is 14.6. The third kappa shape index (κ3) is 2.51. The molecule has 0 radical (unpaired) electrons. The Kier molecular flexibility index (Phi) is 3.65. The first-order valence-corrected chi connectivity index (χ1v) is 7.31. The molecule has 0 aromatic heterocycles. The fourth-order valence-electron chi connectivity index (χ4n) is 3.05. The molecule has 2 aromatic rings. The van der Waals surface area contributed by atoms with Gasteiger partial charge in [0.2, 0.25) is 0 Å². The van der Waals surface area contributed by atoms with Crippen LogP contribution in [-0.2, 0) is 6.54 Å². The number of oxime groups is 1. The maximum atomic E-state index is 9.17. The molecular formula is C18H20N2O. The Morgan fingerprint density at radius 3 is 2.48 bits per heavy atom. The van der Waals surface area contributed by atoms with Crippen molar-refractivity contribution in [2.45, 2.75) is 26.8 Å². The van der Waals surface area contributed by atoms with Gasteiger partial charge in [-0.05, 0) is 36.6 Å². The average molecular weight is 280 g/mol. The van der Waals surface area contributed by atoms with Crippen LogP contribution in [0.15, 0.2) is 47.6 Å². The van der Waals surface area contributed by atoms with E-state index < -0.39 is 0 Å². The topological polar surface area (TPSA) is 35.8 Å². The fraction of sp³-hybridized carbons (Fsp3) is 0.278. The second-order valence-corrected chi connectivity index (χ2v) is 5.61. The maximum Gasteiger partial charge on any atom is 0.0906 e. The number of para-hydroxylation sites is 1. The van der Waals surface area contributed by atoms with E-state index >= 15 is 0 Å². The highest BCUT2D eigenvalue weighted by Crippen LogP contribution is 2.29. The summed E-state index contributed by atoms with van der Waals surface area (Å²) in [5, 5.41) is 12.6. The predicted octanol–water partition coefficient (Wildman–Crippen LogP) is 3.89. The van der Waals surface area contributed by atoms with Crippen molar-refractivity contribution in [2.75, 3.05) is 11.4 Å². The lowest BCUT2D eigenvalue weighted by Crippen LogP contribution is -2.32. The van der Waals surface area contributed by atoms with Crippen LogP contribution in [-0.4, -0.2) is 17.5 Å². The number of hydrogen-bond donors (Lipinski definition) is 1. The van der Waals surface area contributed by atoms with Crippen molar-refractivity contribution in [2.24, 2.45) is 5.16 Å². The zero-order chi connectivity index (χ0) is 14.8. The normalized spacial score (nSPS) is 16.1. The van der Waals surface area contributed by atoms with Gasteiger partial charge in [-0.3, -0.25) is 0 Å². The van der Waals surface area contributed by atoms with E-state index in [1.54, 1.807) is 0 Å². The van der Waals surface area contributed by atoms with Crippen LogP contribution in [0.5, 0.6) is 0 Å². The van der Waals surface area contributed by atoms with Crippen LogP contribution < -0.4 is 4.90 Å². The Morgan fingerprint density at radius 1 is 1.05 bits per heavy atom. The van der Waals surface area contributed by atoms with Crippen LogP contribution in [0.3, 0.4) is 0 Å². The summed E-state index contributed by atoms with van der Waals surface area (Å²) in [5.74, 6) is 0. The standard InChI is InChI=1S/C18H20N2O/c1-13-6-5-7-14(2)16(13)12-20-11-10-17(19-21)15-8-3-4-9-18(15)20/h3-9,21H,10-12H2,1-2H3/b19-17-. The minimum atomic E-state index is 0.776. The first kappa shape index (κ1) is 13.7. The molecule has 2 aromatic carbocycles. The molecule has 0 saturated carbocycles. The van der Waals surface area contributed by atoms with Crippen molar-refractivity contribution in [3.8, 4) is 0 Å². The number of aryl methyl sites for hydroxylation is 2. The lowest BCUT2D eigenvalue weighted by molar-refractivity contribution is 0.317. The van der Waals surface area contributed by atoms with E-state index in [1.807, 2.05) is 18.2 Å². The van der Waals surface area contributed by atoms with Crippen molar-refractivity contribution in [1.82, 2.24) is 0 Å². The van der Waals surface area contributed by atoms with Crippen molar-refractivity contribution >= 4 is 11.4 Å². The highest BCUT2D eigenvalue weighted by molar-refractivity contribution is 6.06. The molecule has 1 heterocycles. The monoisotopic (exact) mass is 280 g/mol. The highest BCUT2D eigenvalue weighted by Gasteiger charge is 2.22. The van der Waals surface area contributed by atoms with Gasteiger partial charge in [0.05, 0.1) is 5.71 Å². The third-order valence-corrected chi connectivity index (χ3v) is 4.29. The van der Waals surface area contributed by atoms with Gasteiger partial charge in [-0.25, -0.2) is 0 Å². The summed E-state index contributed by atoms with van der Waals surface area (Å²) in [6.45, 7) is 6.11. The SMILES string of the molecule is Cc1cccc(C)c1CN1CC/C(=N/O)c2ccccc21. The second-order valence-electron chi connectivity index (χ2n) is 5.61. The van der Waals surface area contributed by atoms with Crippen molar-refractivity contribution in [3.05, 3.63) is 64.7 Å². The lowest BCUT2D eigenvalue weighted by Gasteiger charge is -2.32. The van der Waals surface area contributed by atoms with Gasteiger partial charge >= 0.3 is 0 Å². The zero-order valence-electron chi connectivity index (χ0n) is 12.5. The number of rotatable bonds is 2. The van der Waals surface area contributed by atoms with Gasteiger partial charge in [0.25, 0.3) is 0 Å². The Morgan fingerprint density at radius 2 is 1.76 bits per heavy atom. The van der Waals surface area contributed by atoms with E-state index in [0.717, 1.165) is 36.5 Å². The Bertz CT molecular complexity index is 671. The maximum absolute atomic E-state index is 9.17. The molecule has 3 nitrogen and oxygen atoms in total. The van der Waals surface area contributed by atoms with E-state index in [-0.39, 0.29) is 0 Å². The summed E-state index contributed by atoms with van der Waals surface area (Å²) < 4.78 is 0. The van der Waals surface area contributed by atoms with Crippen molar-refractivity contribution in [3.63, 3.8) is 0 Å². The summed E-state index contributed by atoms with van der Waals surface area (Å²) in [7, 11) is 0. The van der Waals surface area contributed by atoms with Gasteiger partial charge in [0.1, 0.15) is 0 Å². The number of nitrogens with zero attached hydrogens (tertiary/aromatic N) is 2. The molecular weight excluding hydrogens is 260 g/mol. The summed E-state index contributed by atoms with van der Waals surface area (Å²) in [5.41, 5.74) is 7.01. The van der Waals surface area contributed by atoms with E-state index in [4.69, 9.17) is 0 Å². The molecule has 1 N–H and O–H groups in total. The van der Waals surface area contributed by atoms with Crippen molar-refractivity contribution in [1.29, 1.82) is 0 Å². The number of benzene rings is 2. The van der Waals surface area contributed by atoms with Crippen LogP contribution in [0.1, 0.15) is 28.7 Å². The molecule has 0 unspecified atom stereocenters. The van der Waals surface area contributed by atoms with Crippen LogP contribution in [0.4, 0.5) is 5.69 Å². The number of anilines is 1. The van der Waals surface area contributed by atoms with Crippen LogP contribution in [0.25, 0.3) is 0 Å². The molecule has 1 aliphatic heterocycles. The quantitative estimate of drug-likeness (QED) is 0.669. The predicted molar refractivity (Wildman–Crippen MR) is 86.3 cm³/mol. The summed E-state index contributed by atoms with van der Waals surface area (Å²) in [4.78, 5) is 2.37. The van der Waals surface area contributed by atoms with E-state index in [9.17, 15) is 5.21 Å². The largest absolute Gasteiger partial charge is 0.411 e. The van der Waals surface area contributed by atoms with Crippen LogP contribution in [0.2, 0.25) is 0 Å². The highest BCUT2D eigenvalue weighted by atomic mass is 16.4. The van der Waals surface area contributed by atoms with E-state index in [2.05, 4.69) is 48.2 Å². The smallest absolute Gasteiger partial charge is 0.0906 e. The van der Waals surface area contributed by atoms with Gasteiger partial charge in [-0.15, -0.1) is 0 Å². The minimum Gasteiger partial charge on any atom is -0.411 e. The molecule has 0 aliphatic carbocycles. The van der Waals surface area contributed by atoms with Gasteiger partial charge in [0.15, 0.2) is 0 Å². The van der Waals surface area contributed by atoms with Gasteiger partial charge < -0.3 is 10.1 Å².